The summed E-state index contributed by atoms with van der Waals surface area (Å²) in [5.74, 6) is 2.75. The van der Waals surface area contributed by atoms with E-state index in [0.717, 1.165) is 23.4 Å². The van der Waals surface area contributed by atoms with E-state index in [4.69, 9.17) is 20.9 Å². The van der Waals surface area contributed by atoms with Crippen molar-refractivity contribution in [2.24, 2.45) is 0 Å². The van der Waals surface area contributed by atoms with Crippen LogP contribution in [-0.2, 0) is 6.42 Å². The molecule has 0 aliphatic heterocycles. The lowest BCUT2D eigenvalue weighted by Gasteiger charge is -2.12. The van der Waals surface area contributed by atoms with E-state index in [1.807, 2.05) is 66.9 Å². The molecular formula is C21H20ClN5O2S. The predicted molar refractivity (Wildman–Crippen MR) is 116 cm³/mol. The van der Waals surface area contributed by atoms with Crippen LogP contribution in [-0.4, -0.2) is 32.0 Å². The summed E-state index contributed by atoms with van der Waals surface area (Å²) in [5, 5.41) is 14.2. The second kappa shape index (κ2) is 8.89. The largest absolute Gasteiger partial charge is 0.497 e. The molecular weight excluding hydrogens is 422 g/mol. The summed E-state index contributed by atoms with van der Waals surface area (Å²) in [6, 6.07) is 15.3. The molecule has 30 heavy (non-hydrogen) atoms. The SMILES string of the molecule is CCc1noc(C(C)Sc2nnc(-c3ccc(Cl)cc3)n2-c2ccc(OC)cc2)n1. The van der Waals surface area contributed by atoms with Gasteiger partial charge in [-0.1, -0.05) is 35.4 Å². The van der Waals surface area contributed by atoms with Gasteiger partial charge in [0.2, 0.25) is 5.89 Å². The average molecular weight is 442 g/mol. The highest BCUT2D eigenvalue weighted by molar-refractivity contribution is 7.99. The molecule has 0 fully saturated rings. The molecule has 2 aromatic carbocycles. The summed E-state index contributed by atoms with van der Waals surface area (Å²) in [6.45, 7) is 4.00. The molecule has 2 aromatic heterocycles. The van der Waals surface area contributed by atoms with Gasteiger partial charge in [-0.2, -0.15) is 4.98 Å². The third-order valence-electron chi connectivity index (χ3n) is 4.50. The fraction of sp³-hybridized carbons (Fsp3) is 0.238. The van der Waals surface area contributed by atoms with E-state index >= 15 is 0 Å². The van der Waals surface area contributed by atoms with E-state index in [1.165, 1.54) is 11.8 Å². The van der Waals surface area contributed by atoms with E-state index in [9.17, 15) is 0 Å². The lowest BCUT2D eigenvalue weighted by Crippen LogP contribution is -2.01. The third-order valence-corrected chi connectivity index (χ3v) is 5.78. The number of hydrogen-bond acceptors (Lipinski definition) is 7. The van der Waals surface area contributed by atoms with Gasteiger partial charge in [-0.3, -0.25) is 4.57 Å². The average Bonchev–Trinajstić information content (AvgIpc) is 3.42. The Labute approximate surface area is 183 Å². The number of halogens is 1. The molecule has 0 bridgehead atoms. The molecule has 0 saturated carbocycles. The molecule has 4 rings (SSSR count). The van der Waals surface area contributed by atoms with Crippen molar-refractivity contribution in [1.82, 2.24) is 24.9 Å². The molecule has 0 radical (unpaired) electrons. The van der Waals surface area contributed by atoms with E-state index in [1.54, 1.807) is 7.11 Å². The Balaban J connectivity index is 1.74. The summed E-state index contributed by atoms with van der Waals surface area (Å²) in [7, 11) is 1.64. The Kier molecular flexibility index (Phi) is 6.06. The van der Waals surface area contributed by atoms with Crippen LogP contribution in [0.15, 0.2) is 58.2 Å². The first-order valence-corrected chi connectivity index (χ1v) is 10.7. The van der Waals surface area contributed by atoms with Gasteiger partial charge in [-0.05, 0) is 55.5 Å². The summed E-state index contributed by atoms with van der Waals surface area (Å²) in [6.07, 6.45) is 0.726. The number of benzene rings is 2. The van der Waals surface area contributed by atoms with E-state index < -0.39 is 0 Å². The first-order chi connectivity index (χ1) is 14.6. The number of thioether (sulfide) groups is 1. The number of nitrogens with zero attached hydrogens (tertiary/aromatic N) is 5. The Morgan fingerprint density at radius 3 is 2.47 bits per heavy atom. The first kappa shape index (κ1) is 20.4. The van der Waals surface area contributed by atoms with E-state index in [2.05, 4.69) is 20.3 Å². The number of aryl methyl sites for hydroxylation is 1. The van der Waals surface area contributed by atoms with Gasteiger partial charge < -0.3 is 9.26 Å². The van der Waals surface area contributed by atoms with Crippen LogP contribution < -0.4 is 4.74 Å². The van der Waals surface area contributed by atoms with Gasteiger partial charge in [0, 0.05) is 22.7 Å². The predicted octanol–water partition coefficient (Wildman–Crippen LogP) is 5.40. The molecule has 4 aromatic rings. The molecule has 0 saturated heterocycles. The number of hydrogen-bond donors (Lipinski definition) is 0. The van der Waals surface area contributed by atoms with Crippen molar-refractivity contribution >= 4 is 23.4 Å². The molecule has 1 unspecified atom stereocenters. The highest BCUT2D eigenvalue weighted by atomic mass is 35.5. The molecule has 7 nitrogen and oxygen atoms in total. The van der Waals surface area contributed by atoms with Crippen molar-refractivity contribution in [1.29, 1.82) is 0 Å². The van der Waals surface area contributed by atoms with Gasteiger partial charge in [0.05, 0.1) is 12.4 Å². The van der Waals surface area contributed by atoms with Crippen LogP contribution in [0.2, 0.25) is 5.02 Å². The molecule has 0 N–H and O–H groups in total. The molecule has 0 amide bonds. The number of aromatic nitrogens is 5. The standard InChI is InChI=1S/C21H20ClN5O2S/c1-4-18-23-20(29-26-18)13(2)30-21-25-24-19(14-5-7-15(22)8-6-14)27(21)16-9-11-17(28-3)12-10-16/h5-13H,4H2,1-3H3. The maximum atomic E-state index is 6.06. The second-order valence-electron chi connectivity index (χ2n) is 6.51. The normalized spacial score (nSPS) is 12.1. The first-order valence-electron chi connectivity index (χ1n) is 9.44. The van der Waals surface area contributed by atoms with Crippen molar-refractivity contribution < 1.29 is 9.26 Å². The molecule has 9 heteroatoms. The van der Waals surface area contributed by atoms with Crippen molar-refractivity contribution in [2.75, 3.05) is 7.11 Å². The van der Waals surface area contributed by atoms with Gasteiger partial charge >= 0.3 is 0 Å². The second-order valence-corrected chi connectivity index (χ2v) is 8.25. The van der Waals surface area contributed by atoms with Gasteiger partial charge in [0.15, 0.2) is 16.8 Å². The fourth-order valence-corrected chi connectivity index (χ4v) is 3.91. The Morgan fingerprint density at radius 1 is 1.10 bits per heavy atom. The van der Waals surface area contributed by atoms with Gasteiger partial charge in [-0.15, -0.1) is 10.2 Å². The summed E-state index contributed by atoms with van der Waals surface area (Å²) < 4.78 is 12.7. The summed E-state index contributed by atoms with van der Waals surface area (Å²) in [4.78, 5) is 4.44. The van der Waals surface area contributed by atoms with Crippen LogP contribution in [0, 0.1) is 0 Å². The molecule has 2 heterocycles. The molecule has 0 aliphatic carbocycles. The van der Waals surface area contributed by atoms with Crippen molar-refractivity contribution in [3.8, 4) is 22.8 Å². The number of methoxy groups -OCH3 is 1. The third kappa shape index (κ3) is 4.20. The van der Waals surface area contributed by atoms with Crippen LogP contribution in [0.4, 0.5) is 0 Å². The fourth-order valence-electron chi connectivity index (χ4n) is 2.88. The van der Waals surface area contributed by atoms with Crippen molar-refractivity contribution in [3.05, 3.63) is 65.3 Å². The molecule has 0 spiro atoms. The Hall–Kier alpha value is -2.84. The minimum Gasteiger partial charge on any atom is -0.497 e. The minimum absolute atomic E-state index is 0.0860. The van der Waals surface area contributed by atoms with Gasteiger partial charge in [0.1, 0.15) is 5.75 Å². The van der Waals surface area contributed by atoms with E-state index in [-0.39, 0.29) is 5.25 Å². The smallest absolute Gasteiger partial charge is 0.239 e. The maximum absolute atomic E-state index is 6.06. The topological polar surface area (TPSA) is 78.9 Å². The summed E-state index contributed by atoms with van der Waals surface area (Å²) in [5.41, 5.74) is 1.83. The minimum atomic E-state index is -0.0860. The quantitative estimate of drug-likeness (QED) is 0.355. The molecule has 0 aliphatic rings. The Morgan fingerprint density at radius 2 is 1.83 bits per heavy atom. The van der Waals surface area contributed by atoms with Crippen LogP contribution in [0.5, 0.6) is 5.75 Å². The Bertz CT molecular complexity index is 1130. The highest BCUT2D eigenvalue weighted by Gasteiger charge is 2.22. The zero-order valence-corrected chi connectivity index (χ0v) is 18.3. The molecule has 1 atom stereocenters. The summed E-state index contributed by atoms with van der Waals surface area (Å²) >= 11 is 7.57. The highest BCUT2D eigenvalue weighted by Crippen LogP contribution is 2.36. The maximum Gasteiger partial charge on any atom is 0.239 e. The zero-order valence-electron chi connectivity index (χ0n) is 16.7. The van der Waals surface area contributed by atoms with E-state index in [0.29, 0.717) is 27.7 Å². The van der Waals surface area contributed by atoms with Crippen molar-refractivity contribution in [3.63, 3.8) is 0 Å². The van der Waals surface area contributed by atoms with Crippen LogP contribution in [0.1, 0.15) is 30.8 Å². The van der Waals surface area contributed by atoms with Crippen LogP contribution in [0.25, 0.3) is 17.1 Å². The lowest BCUT2D eigenvalue weighted by molar-refractivity contribution is 0.375. The number of rotatable bonds is 7. The van der Waals surface area contributed by atoms with Crippen molar-refractivity contribution in [2.45, 2.75) is 30.7 Å². The lowest BCUT2D eigenvalue weighted by atomic mass is 10.2. The van der Waals surface area contributed by atoms with Crippen LogP contribution in [0.3, 0.4) is 0 Å². The van der Waals surface area contributed by atoms with Gasteiger partial charge in [0.25, 0.3) is 0 Å². The van der Waals surface area contributed by atoms with Crippen LogP contribution >= 0.6 is 23.4 Å². The van der Waals surface area contributed by atoms with Gasteiger partial charge in [-0.25, -0.2) is 0 Å². The molecule has 154 valence electrons. The monoisotopic (exact) mass is 441 g/mol. The number of ether oxygens (including phenoxy) is 1. The zero-order chi connectivity index (χ0) is 21.1.